The zero-order chi connectivity index (χ0) is 17.5. The Kier molecular flexibility index (Phi) is 6.08. The number of nitrogens with zero attached hydrogens (tertiary/aromatic N) is 2. The Hall–Kier alpha value is -2.67. The summed E-state index contributed by atoms with van der Waals surface area (Å²) in [6, 6.07) is 9.28. The van der Waals surface area contributed by atoms with Crippen molar-refractivity contribution in [2.45, 2.75) is 26.4 Å². The van der Waals surface area contributed by atoms with E-state index >= 15 is 0 Å². The van der Waals surface area contributed by atoms with E-state index in [4.69, 9.17) is 5.73 Å². The molecule has 0 fully saturated rings. The van der Waals surface area contributed by atoms with Gasteiger partial charge in [0.05, 0.1) is 31.0 Å². The second-order valence-corrected chi connectivity index (χ2v) is 5.95. The molecule has 1 heterocycles. The molecule has 2 aromatic rings. The van der Waals surface area contributed by atoms with Gasteiger partial charge in [-0.3, -0.25) is 14.3 Å². The summed E-state index contributed by atoms with van der Waals surface area (Å²) < 4.78 is 1.73. The van der Waals surface area contributed by atoms with Crippen LogP contribution in [0.25, 0.3) is 0 Å². The van der Waals surface area contributed by atoms with Crippen molar-refractivity contribution in [3.05, 3.63) is 48.3 Å². The van der Waals surface area contributed by atoms with Crippen LogP contribution in [0.15, 0.2) is 42.7 Å². The molecule has 4 N–H and O–H groups in total. The number of hydrogen-bond acceptors (Lipinski definition) is 4. The minimum absolute atomic E-state index is 0.0179. The van der Waals surface area contributed by atoms with Crippen LogP contribution in [0.3, 0.4) is 0 Å². The van der Waals surface area contributed by atoms with Crippen LogP contribution in [0.1, 0.15) is 19.4 Å². The molecular weight excluding hydrogens is 306 g/mol. The molecule has 2 amide bonds. The SMILES string of the molecule is CC(C)[C@H](N)C(=O)NCC(=O)Nc1cnn(Cc2ccccc2)c1. The summed E-state index contributed by atoms with van der Waals surface area (Å²) in [5, 5.41) is 9.43. The number of anilines is 1. The molecule has 7 heteroatoms. The van der Waals surface area contributed by atoms with Crippen molar-refractivity contribution in [1.29, 1.82) is 0 Å². The standard InChI is InChI=1S/C17H23N5O2/c1-12(2)16(18)17(24)19-9-15(23)21-14-8-20-22(11-14)10-13-6-4-3-5-7-13/h3-8,11-12,16H,9-10,18H2,1-2H3,(H,19,24)(H,21,23)/t16-/m0/s1. The lowest BCUT2D eigenvalue weighted by Gasteiger charge is -2.14. The van der Waals surface area contributed by atoms with Crippen LogP contribution >= 0.6 is 0 Å². The number of aromatic nitrogens is 2. The molecule has 0 aliphatic heterocycles. The van der Waals surface area contributed by atoms with Crippen molar-refractivity contribution in [1.82, 2.24) is 15.1 Å². The lowest BCUT2D eigenvalue weighted by molar-refractivity contribution is -0.125. The van der Waals surface area contributed by atoms with Crippen LogP contribution in [0.5, 0.6) is 0 Å². The number of carbonyl (C=O) groups excluding carboxylic acids is 2. The molecule has 1 atom stereocenters. The Bertz CT molecular complexity index is 681. The maximum Gasteiger partial charge on any atom is 0.243 e. The van der Waals surface area contributed by atoms with Gasteiger partial charge < -0.3 is 16.4 Å². The molecule has 7 nitrogen and oxygen atoms in total. The number of nitrogens with two attached hydrogens (primary N) is 1. The molecule has 0 aliphatic rings. The first-order valence-electron chi connectivity index (χ1n) is 7.85. The van der Waals surface area contributed by atoms with E-state index in [1.54, 1.807) is 17.1 Å². The largest absolute Gasteiger partial charge is 0.346 e. The van der Waals surface area contributed by atoms with E-state index in [1.807, 2.05) is 44.2 Å². The van der Waals surface area contributed by atoms with Crippen molar-refractivity contribution in [3.8, 4) is 0 Å². The smallest absolute Gasteiger partial charge is 0.243 e. The average molecular weight is 329 g/mol. The highest BCUT2D eigenvalue weighted by Crippen LogP contribution is 2.07. The van der Waals surface area contributed by atoms with E-state index in [9.17, 15) is 9.59 Å². The predicted octanol–water partition coefficient (Wildman–Crippen LogP) is 0.969. The summed E-state index contributed by atoms with van der Waals surface area (Å²) >= 11 is 0. The zero-order valence-electron chi connectivity index (χ0n) is 13.9. The summed E-state index contributed by atoms with van der Waals surface area (Å²) in [4.78, 5) is 23.6. The van der Waals surface area contributed by atoms with E-state index in [1.165, 1.54) is 0 Å². The summed E-state index contributed by atoms with van der Waals surface area (Å²) in [6.45, 7) is 4.21. The maximum absolute atomic E-state index is 11.9. The second-order valence-electron chi connectivity index (χ2n) is 5.95. The number of amides is 2. The molecule has 1 aromatic carbocycles. The van der Waals surface area contributed by atoms with Crippen molar-refractivity contribution >= 4 is 17.5 Å². The van der Waals surface area contributed by atoms with E-state index in [2.05, 4.69) is 15.7 Å². The monoisotopic (exact) mass is 329 g/mol. The Morgan fingerprint density at radius 1 is 1.25 bits per heavy atom. The molecule has 2 rings (SSSR count). The highest BCUT2D eigenvalue weighted by molar-refractivity contribution is 5.95. The maximum atomic E-state index is 11.9. The molecule has 0 saturated carbocycles. The molecule has 1 aromatic heterocycles. The number of rotatable bonds is 7. The van der Waals surface area contributed by atoms with Crippen LogP contribution in [0.4, 0.5) is 5.69 Å². The van der Waals surface area contributed by atoms with E-state index < -0.39 is 6.04 Å². The van der Waals surface area contributed by atoms with Crippen LogP contribution < -0.4 is 16.4 Å². The topological polar surface area (TPSA) is 102 Å². The fourth-order valence-corrected chi connectivity index (χ4v) is 2.08. The van der Waals surface area contributed by atoms with Crippen molar-refractivity contribution in [2.24, 2.45) is 11.7 Å². The number of benzene rings is 1. The van der Waals surface area contributed by atoms with E-state index in [0.29, 0.717) is 12.2 Å². The second kappa shape index (κ2) is 8.26. The van der Waals surface area contributed by atoms with Crippen LogP contribution in [0.2, 0.25) is 0 Å². The van der Waals surface area contributed by atoms with Crippen LogP contribution in [-0.4, -0.2) is 34.2 Å². The molecule has 0 unspecified atom stereocenters. The first kappa shape index (κ1) is 17.7. The third-order valence-corrected chi connectivity index (χ3v) is 3.55. The Morgan fingerprint density at radius 3 is 2.62 bits per heavy atom. The minimum Gasteiger partial charge on any atom is -0.346 e. The quantitative estimate of drug-likeness (QED) is 0.704. The highest BCUT2D eigenvalue weighted by atomic mass is 16.2. The molecule has 128 valence electrons. The molecule has 0 radical (unpaired) electrons. The first-order valence-corrected chi connectivity index (χ1v) is 7.85. The molecule has 0 aliphatic carbocycles. The van der Waals surface area contributed by atoms with Crippen LogP contribution in [0, 0.1) is 5.92 Å². The van der Waals surface area contributed by atoms with Crippen molar-refractivity contribution in [2.75, 3.05) is 11.9 Å². The summed E-state index contributed by atoms with van der Waals surface area (Å²) in [5.41, 5.74) is 7.42. The van der Waals surface area contributed by atoms with Gasteiger partial charge >= 0.3 is 0 Å². The molecule has 0 spiro atoms. The molecule has 0 saturated heterocycles. The van der Waals surface area contributed by atoms with E-state index in [-0.39, 0.29) is 24.3 Å². The first-order chi connectivity index (χ1) is 11.5. The van der Waals surface area contributed by atoms with Gasteiger partial charge in [-0.05, 0) is 11.5 Å². The zero-order valence-corrected chi connectivity index (χ0v) is 13.9. The number of nitrogens with one attached hydrogen (secondary N) is 2. The van der Waals surface area contributed by atoms with Crippen molar-refractivity contribution in [3.63, 3.8) is 0 Å². The van der Waals surface area contributed by atoms with Gasteiger partial charge in [0, 0.05) is 6.20 Å². The third kappa shape index (κ3) is 5.20. The lowest BCUT2D eigenvalue weighted by Crippen LogP contribution is -2.46. The summed E-state index contributed by atoms with van der Waals surface area (Å²) in [6.07, 6.45) is 3.31. The van der Waals surface area contributed by atoms with E-state index in [0.717, 1.165) is 5.56 Å². The van der Waals surface area contributed by atoms with Gasteiger partial charge in [-0.1, -0.05) is 44.2 Å². The number of carbonyl (C=O) groups is 2. The molecule has 0 bridgehead atoms. The number of hydrogen-bond donors (Lipinski definition) is 3. The van der Waals surface area contributed by atoms with Gasteiger partial charge in [0.25, 0.3) is 0 Å². The minimum atomic E-state index is -0.619. The Morgan fingerprint density at radius 2 is 1.96 bits per heavy atom. The lowest BCUT2D eigenvalue weighted by atomic mass is 10.1. The summed E-state index contributed by atoms with van der Waals surface area (Å²) in [7, 11) is 0. The van der Waals surface area contributed by atoms with Crippen LogP contribution in [-0.2, 0) is 16.1 Å². The van der Waals surface area contributed by atoms with Gasteiger partial charge in [0.1, 0.15) is 0 Å². The highest BCUT2D eigenvalue weighted by Gasteiger charge is 2.17. The van der Waals surface area contributed by atoms with Gasteiger partial charge in [0.2, 0.25) is 11.8 Å². The van der Waals surface area contributed by atoms with Gasteiger partial charge in [0.15, 0.2) is 0 Å². The Labute approximate surface area is 141 Å². The van der Waals surface area contributed by atoms with Gasteiger partial charge in [-0.15, -0.1) is 0 Å². The fraction of sp³-hybridized carbons (Fsp3) is 0.353. The van der Waals surface area contributed by atoms with Gasteiger partial charge in [-0.2, -0.15) is 5.10 Å². The third-order valence-electron chi connectivity index (χ3n) is 3.55. The predicted molar refractivity (Wildman–Crippen MR) is 92.2 cm³/mol. The molecular formula is C17H23N5O2. The van der Waals surface area contributed by atoms with Crippen molar-refractivity contribution < 1.29 is 9.59 Å². The fourth-order valence-electron chi connectivity index (χ4n) is 2.08. The average Bonchev–Trinajstić information content (AvgIpc) is 2.99. The Balaban J connectivity index is 1.81. The summed E-state index contributed by atoms with van der Waals surface area (Å²) in [5.74, 6) is -0.636. The van der Waals surface area contributed by atoms with Gasteiger partial charge in [-0.25, -0.2) is 0 Å². The normalized spacial score (nSPS) is 12.0. The molecule has 24 heavy (non-hydrogen) atoms.